The van der Waals surface area contributed by atoms with Gasteiger partial charge in [0, 0.05) is 12.2 Å². The molecule has 0 atom stereocenters. The Kier molecular flexibility index (Phi) is 4.57. The van der Waals surface area contributed by atoms with Gasteiger partial charge >= 0.3 is 0 Å². The molecule has 0 spiro atoms. The molecule has 0 aromatic carbocycles. The van der Waals surface area contributed by atoms with Crippen molar-refractivity contribution in [2.75, 3.05) is 11.9 Å². The minimum absolute atomic E-state index is 0.670. The Balaban J connectivity index is 1.99. The quantitative estimate of drug-likeness (QED) is 0.831. The highest BCUT2D eigenvalue weighted by molar-refractivity contribution is 5.59. The van der Waals surface area contributed by atoms with Crippen molar-refractivity contribution in [3.05, 3.63) is 34.7 Å². The van der Waals surface area contributed by atoms with Crippen molar-refractivity contribution in [3.63, 3.8) is 0 Å². The molecule has 1 aliphatic rings. The van der Waals surface area contributed by atoms with E-state index in [2.05, 4.69) is 22.4 Å². The van der Waals surface area contributed by atoms with Gasteiger partial charge in [-0.25, -0.2) is 0 Å². The van der Waals surface area contributed by atoms with Crippen LogP contribution in [0.25, 0.3) is 0 Å². The molecule has 1 N–H and O–H groups in total. The molecule has 100 valence electrons. The van der Waals surface area contributed by atoms with E-state index in [0.717, 1.165) is 30.0 Å². The summed E-state index contributed by atoms with van der Waals surface area (Å²) in [7, 11) is 0. The molecule has 1 aliphatic carbocycles. The predicted molar refractivity (Wildman–Crippen MR) is 78.1 cm³/mol. The van der Waals surface area contributed by atoms with E-state index in [1.165, 1.54) is 25.7 Å². The van der Waals surface area contributed by atoms with Gasteiger partial charge in [0.25, 0.3) is 0 Å². The van der Waals surface area contributed by atoms with Crippen LogP contribution in [0.4, 0.5) is 5.69 Å². The topological polar surface area (TPSA) is 48.7 Å². The Morgan fingerprint density at radius 3 is 2.89 bits per heavy atom. The van der Waals surface area contributed by atoms with Crippen LogP contribution < -0.4 is 5.32 Å². The largest absolute Gasteiger partial charge is 0.384 e. The third kappa shape index (κ3) is 3.57. The average Bonchev–Trinajstić information content (AvgIpc) is 2.39. The highest BCUT2D eigenvalue weighted by Gasteiger charge is 2.08. The molecule has 19 heavy (non-hydrogen) atoms. The van der Waals surface area contributed by atoms with Crippen LogP contribution in [0, 0.1) is 25.2 Å². The highest BCUT2D eigenvalue weighted by Crippen LogP contribution is 2.22. The second kappa shape index (κ2) is 6.38. The third-order valence-corrected chi connectivity index (χ3v) is 3.59. The highest BCUT2D eigenvalue weighted by atomic mass is 14.9. The maximum absolute atomic E-state index is 9.20. The van der Waals surface area contributed by atoms with E-state index in [0.29, 0.717) is 5.56 Å². The molecule has 0 saturated carbocycles. The molecule has 0 aliphatic heterocycles. The molecule has 3 heteroatoms. The second-order valence-electron chi connectivity index (χ2n) is 5.17. The summed E-state index contributed by atoms with van der Waals surface area (Å²) < 4.78 is 0. The molecule has 0 fully saturated rings. The van der Waals surface area contributed by atoms with E-state index in [9.17, 15) is 5.26 Å². The second-order valence-corrected chi connectivity index (χ2v) is 5.17. The molecule has 3 nitrogen and oxygen atoms in total. The zero-order valence-electron chi connectivity index (χ0n) is 11.8. The lowest BCUT2D eigenvalue weighted by Crippen LogP contribution is -2.07. The Labute approximate surface area is 115 Å². The number of nitrogens with one attached hydrogen (secondary N) is 1. The van der Waals surface area contributed by atoms with E-state index >= 15 is 0 Å². The fourth-order valence-electron chi connectivity index (χ4n) is 2.60. The molecular formula is C16H21N3. The first-order valence-electron chi connectivity index (χ1n) is 7.01. The van der Waals surface area contributed by atoms with Crippen LogP contribution in [0.1, 0.15) is 49.1 Å². The Morgan fingerprint density at radius 2 is 2.21 bits per heavy atom. The van der Waals surface area contributed by atoms with Gasteiger partial charge in [0.15, 0.2) is 0 Å². The number of anilines is 1. The minimum atomic E-state index is 0.670. The first-order chi connectivity index (χ1) is 9.20. The number of pyridine rings is 1. The van der Waals surface area contributed by atoms with Crippen LogP contribution in [0.5, 0.6) is 0 Å². The summed E-state index contributed by atoms with van der Waals surface area (Å²) in [5.41, 5.74) is 4.91. The molecule has 1 aromatic rings. The van der Waals surface area contributed by atoms with Gasteiger partial charge in [-0.3, -0.25) is 4.98 Å². The summed E-state index contributed by atoms with van der Waals surface area (Å²) in [5, 5.41) is 12.6. The lowest BCUT2D eigenvalue weighted by molar-refractivity contribution is 0.679. The van der Waals surface area contributed by atoms with Crippen LogP contribution >= 0.6 is 0 Å². The SMILES string of the molecule is Cc1cc(NCCC2=CCCCC2)c(C#N)c(C)n1. The molecule has 2 rings (SSSR count). The molecular weight excluding hydrogens is 234 g/mol. The number of aryl methyl sites for hydroxylation is 2. The fourth-order valence-corrected chi connectivity index (χ4v) is 2.60. The van der Waals surface area contributed by atoms with Gasteiger partial charge in [0.1, 0.15) is 6.07 Å². The predicted octanol–water partition coefficient (Wildman–Crippen LogP) is 3.87. The average molecular weight is 255 g/mol. The summed E-state index contributed by atoms with van der Waals surface area (Å²) >= 11 is 0. The normalized spacial score (nSPS) is 14.7. The summed E-state index contributed by atoms with van der Waals surface area (Å²) in [6.07, 6.45) is 8.57. The summed E-state index contributed by atoms with van der Waals surface area (Å²) in [6.45, 7) is 4.74. The van der Waals surface area contributed by atoms with Gasteiger partial charge in [-0.1, -0.05) is 11.6 Å². The zero-order chi connectivity index (χ0) is 13.7. The number of nitrogens with zero attached hydrogens (tertiary/aromatic N) is 2. The van der Waals surface area contributed by atoms with Crippen molar-refractivity contribution in [2.24, 2.45) is 0 Å². The summed E-state index contributed by atoms with van der Waals surface area (Å²) in [5.74, 6) is 0. The fraction of sp³-hybridized carbons (Fsp3) is 0.500. The zero-order valence-corrected chi connectivity index (χ0v) is 11.8. The van der Waals surface area contributed by atoms with E-state index in [1.54, 1.807) is 5.57 Å². The lowest BCUT2D eigenvalue weighted by Gasteiger charge is -2.14. The van der Waals surface area contributed by atoms with Crippen molar-refractivity contribution in [1.29, 1.82) is 5.26 Å². The van der Waals surface area contributed by atoms with Gasteiger partial charge in [-0.2, -0.15) is 5.26 Å². The van der Waals surface area contributed by atoms with Gasteiger partial charge in [-0.05, 0) is 52.0 Å². The molecule has 0 unspecified atom stereocenters. The number of aromatic nitrogens is 1. The smallest absolute Gasteiger partial charge is 0.103 e. The maximum atomic E-state index is 9.20. The monoisotopic (exact) mass is 255 g/mol. The molecule has 0 amide bonds. The lowest BCUT2D eigenvalue weighted by atomic mass is 9.97. The third-order valence-electron chi connectivity index (χ3n) is 3.59. The van der Waals surface area contributed by atoms with E-state index < -0.39 is 0 Å². The van der Waals surface area contributed by atoms with E-state index in [-0.39, 0.29) is 0 Å². The van der Waals surface area contributed by atoms with Crippen LogP contribution in [0.3, 0.4) is 0 Å². The standard InChI is InChI=1S/C16H21N3/c1-12-10-16(15(11-17)13(2)19-12)18-9-8-14-6-4-3-5-7-14/h6,10H,3-5,7-9H2,1-2H3,(H,18,19). The van der Waals surface area contributed by atoms with Crippen LogP contribution in [-0.4, -0.2) is 11.5 Å². The van der Waals surface area contributed by atoms with Crippen molar-refractivity contribution in [1.82, 2.24) is 4.98 Å². The van der Waals surface area contributed by atoms with Crippen LogP contribution in [0.2, 0.25) is 0 Å². The Hall–Kier alpha value is -1.82. The number of allylic oxidation sites excluding steroid dienone is 1. The number of nitriles is 1. The minimum Gasteiger partial charge on any atom is -0.384 e. The summed E-state index contributed by atoms with van der Waals surface area (Å²) in [6, 6.07) is 4.20. The van der Waals surface area contributed by atoms with E-state index in [4.69, 9.17) is 0 Å². The maximum Gasteiger partial charge on any atom is 0.103 e. The first kappa shape index (κ1) is 13.6. The molecule has 1 heterocycles. The Bertz CT molecular complexity index is 524. The van der Waals surface area contributed by atoms with Crippen molar-refractivity contribution in [3.8, 4) is 6.07 Å². The van der Waals surface area contributed by atoms with Gasteiger partial charge < -0.3 is 5.32 Å². The van der Waals surface area contributed by atoms with Crippen molar-refractivity contribution >= 4 is 5.69 Å². The molecule has 0 bridgehead atoms. The van der Waals surface area contributed by atoms with Crippen LogP contribution in [0.15, 0.2) is 17.7 Å². The van der Waals surface area contributed by atoms with Gasteiger partial charge in [0.05, 0.1) is 16.9 Å². The van der Waals surface area contributed by atoms with Crippen LogP contribution in [-0.2, 0) is 0 Å². The molecule has 1 aromatic heterocycles. The van der Waals surface area contributed by atoms with Gasteiger partial charge in [-0.15, -0.1) is 0 Å². The van der Waals surface area contributed by atoms with Crippen molar-refractivity contribution < 1.29 is 0 Å². The van der Waals surface area contributed by atoms with Gasteiger partial charge in [0.2, 0.25) is 0 Å². The number of hydrogen-bond donors (Lipinski definition) is 1. The number of hydrogen-bond acceptors (Lipinski definition) is 3. The summed E-state index contributed by atoms with van der Waals surface area (Å²) in [4.78, 5) is 4.33. The first-order valence-corrected chi connectivity index (χ1v) is 7.01. The molecule has 0 saturated heterocycles. The molecule has 0 radical (unpaired) electrons. The van der Waals surface area contributed by atoms with Crippen molar-refractivity contribution in [2.45, 2.75) is 46.0 Å². The van der Waals surface area contributed by atoms with E-state index in [1.807, 2.05) is 19.9 Å². The Morgan fingerprint density at radius 1 is 1.37 bits per heavy atom. The number of rotatable bonds is 4.